The van der Waals surface area contributed by atoms with Crippen LogP contribution in [0.1, 0.15) is 30.0 Å². The van der Waals surface area contributed by atoms with E-state index in [0.717, 1.165) is 0 Å². The van der Waals surface area contributed by atoms with Crippen molar-refractivity contribution in [2.24, 2.45) is 0 Å². The molecule has 15 heavy (non-hydrogen) atoms. The second-order valence-electron chi connectivity index (χ2n) is 2.71. The number of carboxylic acid groups (broad SMARTS) is 2. The Morgan fingerprint density at radius 1 is 1.13 bits per heavy atom. The van der Waals surface area contributed by atoms with E-state index in [1.54, 1.807) is 0 Å². The fraction of sp³-hybridized carbons (Fsp3) is 0.111. The van der Waals surface area contributed by atoms with Gasteiger partial charge in [-0.3, -0.25) is 0 Å². The Balaban J connectivity index is 3.33. The summed E-state index contributed by atoms with van der Waals surface area (Å²) < 4.78 is -0.393. The van der Waals surface area contributed by atoms with E-state index >= 15 is 0 Å². The van der Waals surface area contributed by atoms with E-state index in [-0.39, 0.29) is 11.1 Å². The van der Waals surface area contributed by atoms with Crippen molar-refractivity contribution in [3.8, 4) is 0 Å². The second-order valence-corrected chi connectivity index (χ2v) is 5.77. The van der Waals surface area contributed by atoms with E-state index in [2.05, 4.69) is 31.9 Å². The fourth-order valence-corrected chi connectivity index (χ4v) is 1.83. The van der Waals surface area contributed by atoms with Crippen LogP contribution in [0.5, 0.6) is 0 Å². The van der Waals surface area contributed by atoms with Crippen LogP contribution in [0.25, 0.3) is 0 Å². The normalized spacial score (nSPS) is 10.3. The van der Waals surface area contributed by atoms with Gasteiger partial charge in [-0.1, -0.05) is 31.9 Å². The summed E-state index contributed by atoms with van der Waals surface area (Å²) in [6.45, 7) is 0. The lowest BCUT2D eigenvalue weighted by Crippen LogP contribution is -2.05. The molecule has 1 rings (SSSR count). The number of hydrogen-bond donors (Lipinski definition) is 2. The number of carbonyl (C=O) groups is 2. The summed E-state index contributed by atoms with van der Waals surface area (Å²) in [4.78, 5) is 21.5. The Bertz CT molecular complexity index is 415. The molecule has 0 radical (unpaired) electrons. The molecule has 1 aromatic rings. The topological polar surface area (TPSA) is 74.6 Å². The summed E-state index contributed by atoms with van der Waals surface area (Å²) in [7, 11) is 0. The van der Waals surface area contributed by atoms with E-state index in [9.17, 15) is 9.59 Å². The zero-order chi connectivity index (χ0) is 11.6. The summed E-state index contributed by atoms with van der Waals surface area (Å²) >= 11 is 6.29. The first-order valence-corrected chi connectivity index (χ1v) is 5.65. The molecule has 0 spiro atoms. The van der Waals surface area contributed by atoms with Crippen LogP contribution in [-0.4, -0.2) is 22.2 Å². The summed E-state index contributed by atoms with van der Waals surface area (Å²) in [6.07, 6.45) is 0. The predicted octanol–water partition coefficient (Wildman–Crippen LogP) is 2.87. The molecule has 0 amide bonds. The Kier molecular flexibility index (Phi) is 3.87. The summed E-state index contributed by atoms with van der Waals surface area (Å²) in [5.74, 6) is -2.18. The summed E-state index contributed by atoms with van der Waals surface area (Å²) in [6, 6.07) is 3.86. The molecule has 0 saturated carbocycles. The number of carboxylic acids is 2. The molecule has 80 valence electrons. The van der Waals surface area contributed by atoms with E-state index < -0.39 is 15.7 Å². The van der Waals surface area contributed by atoms with Crippen molar-refractivity contribution in [3.05, 3.63) is 34.9 Å². The first-order valence-electron chi connectivity index (χ1n) is 3.82. The number of rotatable bonds is 3. The molecule has 6 heteroatoms. The Morgan fingerprint density at radius 2 is 1.73 bits per heavy atom. The smallest absolute Gasteiger partial charge is 0.336 e. The molecule has 2 N–H and O–H groups in total. The Morgan fingerprint density at radius 3 is 2.13 bits per heavy atom. The van der Waals surface area contributed by atoms with Crippen LogP contribution in [0.3, 0.4) is 0 Å². The minimum absolute atomic E-state index is 0.0545. The van der Waals surface area contributed by atoms with E-state index in [1.165, 1.54) is 18.2 Å². The Labute approximate surface area is 102 Å². The molecule has 0 bridgehead atoms. The quantitative estimate of drug-likeness (QED) is 0.832. The molecular formula is C9H6Br2O4. The van der Waals surface area contributed by atoms with Gasteiger partial charge >= 0.3 is 11.9 Å². The monoisotopic (exact) mass is 336 g/mol. The molecule has 0 aromatic heterocycles. The number of hydrogen-bond acceptors (Lipinski definition) is 2. The van der Waals surface area contributed by atoms with E-state index in [4.69, 9.17) is 10.2 Å². The Hall–Kier alpha value is -0.880. The molecule has 1 aromatic carbocycles. The van der Waals surface area contributed by atoms with Gasteiger partial charge in [-0.05, 0) is 23.8 Å². The van der Waals surface area contributed by atoms with Gasteiger partial charge in [0.25, 0.3) is 0 Å². The predicted molar refractivity (Wildman–Crippen MR) is 61.0 cm³/mol. The van der Waals surface area contributed by atoms with Gasteiger partial charge in [0.15, 0.2) is 0 Å². The molecule has 0 aliphatic heterocycles. The van der Waals surface area contributed by atoms with Crippen molar-refractivity contribution >= 4 is 43.8 Å². The van der Waals surface area contributed by atoms with Crippen molar-refractivity contribution in [1.82, 2.24) is 0 Å². The maximum atomic E-state index is 10.8. The number of benzene rings is 1. The first-order chi connectivity index (χ1) is 6.93. The maximum Gasteiger partial charge on any atom is 0.336 e. The van der Waals surface area contributed by atoms with Gasteiger partial charge in [0.1, 0.15) is 0 Å². The SMILES string of the molecule is O=C(O)c1ccc(C(=O)O)c(C(Br)Br)c1. The molecule has 0 fully saturated rings. The maximum absolute atomic E-state index is 10.8. The van der Waals surface area contributed by atoms with Crippen molar-refractivity contribution in [2.45, 2.75) is 3.74 Å². The molecule has 0 atom stereocenters. The van der Waals surface area contributed by atoms with Crippen LogP contribution in [0.15, 0.2) is 18.2 Å². The van der Waals surface area contributed by atoms with Crippen molar-refractivity contribution in [2.75, 3.05) is 0 Å². The summed E-state index contributed by atoms with van der Waals surface area (Å²) in [5.41, 5.74) is 0.500. The fourth-order valence-electron chi connectivity index (χ4n) is 1.07. The lowest BCUT2D eigenvalue weighted by atomic mass is 10.1. The molecule has 0 saturated heterocycles. The molecule has 4 nitrogen and oxygen atoms in total. The van der Waals surface area contributed by atoms with Gasteiger partial charge < -0.3 is 10.2 Å². The van der Waals surface area contributed by atoms with Crippen molar-refractivity contribution in [1.29, 1.82) is 0 Å². The van der Waals surface area contributed by atoms with Gasteiger partial charge in [0.05, 0.1) is 14.9 Å². The average Bonchev–Trinajstić information content (AvgIpc) is 2.16. The minimum Gasteiger partial charge on any atom is -0.478 e. The molecule has 0 aliphatic carbocycles. The summed E-state index contributed by atoms with van der Waals surface area (Å²) in [5, 5.41) is 17.6. The van der Waals surface area contributed by atoms with Crippen LogP contribution >= 0.6 is 31.9 Å². The third-order valence-electron chi connectivity index (χ3n) is 1.76. The minimum atomic E-state index is -1.09. The zero-order valence-electron chi connectivity index (χ0n) is 7.28. The van der Waals surface area contributed by atoms with Crippen molar-refractivity contribution < 1.29 is 19.8 Å². The van der Waals surface area contributed by atoms with Crippen LogP contribution in [0.4, 0.5) is 0 Å². The van der Waals surface area contributed by atoms with E-state index in [0.29, 0.717) is 5.56 Å². The zero-order valence-corrected chi connectivity index (χ0v) is 10.4. The van der Waals surface area contributed by atoms with Gasteiger partial charge in [0, 0.05) is 0 Å². The highest BCUT2D eigenvalue weighted by Crippen LogP contribution is 2.32. The number of halogens is 2. The van der Waals surface area contributed by atoms with Crippen LogP contribution in [-0.2, 0) is 0 Å². The highest BCUT2D eigenvalue weighted by Gasteiger charge is 2.17. The largest absolute Gasteiger partial charge is 0.478 e. The van der Waals surface area contributed by atoms with Gasteiger partial charge in [-0.25, -0.2) is 9.59 Å². The standard InChI is InChI=1S/C9H6Br2O4/c10-7(11)6-3-4(8(12)13)1-2-5(6)9(14)15/h1-3,7H,(H,12,13)(H,14,15). The van der Waals surface area contributed by atoms with Crippen LogP contribution < -0.4 is 0 Å². The van der Waals surface area contributed by atoms with E-state index in [1.807, 2.05) is 0 Å². The second kappa shape index (κ2) is 4.76. The lowest BCUT2D eigenvalue weighted by Gasteiger charge is -2.07. The average molecular weight is 338 g/mol. The van der Waals surface area contributed by atoms with Gasteiger partial charge in [0.2, 0.25) is 0 Å². The van der Waals surface area contributed by atoms with Crippen LogP contribution in [0.2, 0.25) is 0 Å². The third-order valence-corrected chi connectivity index (χ3v) is 2.75. The highest BCUT2D eigenvalue weighted by molar-refractivity contribution is 9.24. The third kappa shape index (κ3) is 2.79. The van der Waals surface area contributed by atoms with Gasteiger partial charge in [-0.15, -0.1) is 0 Å². The van der Waals surface area contributed by atoms with Crippen molar-refractivity contribution in [3.63, 3.8) is 0 Å². The molecular weight excluding hydrogens is 332 g/mol. The molecule has 0 heterocycles. The highest BCUT2D eigenvalue weighted by atomic mass is 79.9. The lowest BCUT2D eigenvalue weighted by molar-refractivity contribution is 0.0680. The first kappa shape index (κ1) is 12.2. The molecule has 0 unspecified atom stereocenters. The number of aromatic carboxylic acids is 2. The van der Waals surface area contributed by atoms with Crippen LogP contribution in [0, 0.1) is 0 Å². The molecule has 0 aliphatic rings. The van der Waals surface area contributed by atoms with Gasteiger partial charge in [-0.2, -0.15) is 0 Å². The number of alkyl halides is 2.